The number of benzene rings is 1. The van der Waals surface area contributed by atoms with Crippen molar-refractivity contribution >= 4 is 19.1 Å². The van der Waals surface area contributed by atoms with Gasteiger partial charge in [-0.15, -0.1) is 5.54 Å². The van der Waals surface area contributed by atoms with Crippen molar-refractivity contribution in [3.63, 3.8) is 0 Å². The molecular weight excluding hydrogens is 310 g/mol. The van der Waals surface area contributed by atoms with Gasteiger partial charge >= 0.3 is 0 Å². The first-order valence-electron chi connectivity index (χ1n) is 7.37. The highest BCUT2D eigenvalue weighted by molar-refractivity contribution is 7.84. The second-order valence-corrected chi connectivity index (χ2v) is 14.0. The second-order valence-electron chi connectivity index (χ2n) is 7.22. The normalized spacial score (nSPS) is 14.7. The van der Waals surface area contributed by atoms with Crippen LogP contribution in [0.25, 0.3) is 0 Å². The van der Waals surface area contributed by atoms with Crippen LogP contribution in [-0.4, -0.2) is 24.1 Å². The summed E-state index contributed by atoms with van der Waals surface area (Å²) >= 11 is 0. The van der Waals surface area contributed by atoms with E-state index < -0.39 is 19.1 Å². The average molecular weight is 338 g/mol. The van der Waals surface area contributed by atoms with Crippen molar-refractivity contribution in [1.82, 2.24) is 4.72 Å². The van der Waals surface area contributed by atoms with Crippen LogP contribution in [0.4, 0.5) is 0 Å². The largest absolute Gasteiger partial charge is 0.497 e. The number of methoxy groups -OCH3 is 1. The zero-order valence-electron chi connectivity index (χ0n) is 14.6. The van der Waals surface area contributed by atoms with Gasteiger partial charge < -0.3 is 4.74 Å². The molecule has 1 rings (SSSR count). The molecule has 5 heteroatoms. The molecular formula is C17H27NO2SSi. The SMILES string of the molecule is COc1ccc(C(C#C[Si](C)(C)C)NS(=O)C(C)(C)C)cc1. The molecule has 0 aliphatic rings. The van der Waals surface area contributed by atoms with E-state index in [9.17, 15) is 4.21 Å². The molecule has 22 heavy (non-hydrogen) atoms. The number of hydrogen-bond acceptors (Lipinski definition) is 2. The van der Waals surface area contributed by atoms with Crippen LogP contribution in [0.5, 0.6) is 5.75 Å². The Labute approximate surface area is 138 Å². The lowest BCUT2D eigenvalue weighted by atomic mass is 10.1. The average Bonchev–Trinajstić information content (AvgIpc) is 2.41. The Morgan fingerprint density at radius 3 is 2.14 bits per heavy atom. The van der Waals surface area contributed by atoms with E-state index in [0.29, 0.717) is 0 Å². The van der Waals surface area contributed by atoms with Gasteiger partial charge in [0.15, 0.2) is 0 Å². The highest BCUT2D eigenvalue weighted by Gasteiger charge is 2.23. The molecule has 0 heterocycles. The van der Waals surface area contributed by atoms with Crippen LogP contribution >= 0.6 is 0 Å². The summed E-state index contributed by atoms with van der Waals surface area (Å²) in [6.07, 6.45) is 0. The third kappa shape index (κ3) is 6.35. The quantitative estimate of drug-likeness (QED) is 0.672. The molecule has 0 aliphatic heterocycles. The van der Waals surface area contributed by atoms with Crippen molar-refractivity contribution in [2.75, 3.05) is 7.11 Å². The van der Waals surface area contributed by atoms with Crippen molar-refractivity contribution in [1.29, 1.82) is 0 Å². The van der Waals surface area contributed by atoms with Crippen molar-refractivity contribution in [3.05, 3.63) is 29.8 Å². The summed E-state index contributed by atoms with van der Waals surface area (Å²) < 4.78 is 20.4. The summed E-state index contributed by atoms with van der Waals surface area (Å²) in [7, 11) is -1.02. The number of rotatable bonds is 4. The molecule has 3 nitrogen and oxygen atoms in total. The Bertz CT molecular complexity index is 574. The van der Waals surface area contributed by atoms with E-state index in [2.05, 4.69) is 35.8 Å². The van der Waals surface area contributed by atoms with Crippen LogP contribution in [0.2, 0.25) is 19.6 Å². The Balaban J connectivity index is 3.09. The van der Waals surface area contributed by atoms with Gasteiger partial charge in [-0.05, 0) is 38.5 Å². The maximum atomic E-state index is 12.4. The van der Waals surface area contributed by atoms with E-state index >= 15 is 0 Å². The minimum absolute atomic E-state index is 0.238. The fourth-order valence-corrected chi connectivity index (χ4v) is 2.89. The van der Waals surface area contributed by atoms with Crippen LogP contribution < -0.4 is 9.46 Å². The molecule has 1 aromatic carbocycles. The van der Waals surface area contributed by atoms with E-state index in [4.69, 9.17) is 4.74 Å². The molecule has 0 radical (unpaired) electrons. The Morgan fingerprint density at radius 2 is 1.73 bits per heavy atom. The van der Waals surface area contributed by atoms with E-state index in [0.717, 1.165) is 11.3 Å². The van der Waals surface area contributed by atoms with E-state index in [1.165, 1.54) is 0 Å². The molecule has 0 aromatic heterocycles. The number of nitrogens with one attached hydrogen (secondary N) is 1. The van der Waals surface area contributed by atoms with Crippen molar-refractivity contribution in [2.24, 2.45) is 0 Å². The smallest absolute Gasteiger partial charge is 0.129 e. The Kier molecular flexibility index (Phi) is 6.42. The van der Waals surface area contributed by atoms with Crippen molar-refractivity contribution < 1.29 is 8.95 Å². The van der Waals surface area contributed by atoms with Crippen LogP contribution in [0.15, 0.2) is 24.3 Å². The summed E-state index contributed by atoms with van der Waals surface area (Å²) in [6, 6.07) is 7.50. The van der Waals surface area contributed by atoms with Gasteiger partial charge in [0.05, 0.1) is 22.8 Å². The highest BCUT2D eigenvalue weighted by atomic mass is 32.2. The fourth-order valence-electron chi connectivity index (χ4n) is 1.55. The first-order valence-corrected chi connectivity index (χ1v) is 12.0. The minimum atomic E-state index is -1.49. The van der Waals surface area contributed by atoms with Crippen molar-refractivity contribution in [2.45, 2.75) is 51.2 Å². The summed E-state index contributed by atoms with van der Waals surface area (Å²) in [6.45, 7) is 12.5. The van der Waals surface area contributed by atoms with Crippen LogP contribution in [-0.2, 0) is 11.0 Å². The molecule has 0 amide bonds. The second kappa shape index (κ2) is 7.45. The Hall–Kier alpha value is -1.09. The Morgan fingerprint density at radius 1 is 1.18 bits per heavy atom. The molecule has 0 aliphatic carbocycles. The summed E-state index contributed by atoms with van der Waals surface area (Å²) in [5.41, 5.74) is 4.37. The molecule has 2 unspecified atom stereocenters. The maximum absolute atomic E-state index is 12.4. The van der Waals surface area contributed by atoms with Crippen LogP contribution in [0, 0.1) is 11.5 Å². The molecule has 2 atom stereocenters. The lowest BCUT2D eigenvalue weighted by molar-refractivity contribution is 0.414. The monoisotopic (exact) mass is 337 g/mol. The summed E-state index contributed by atoms with van der Waals surface area (Å²) in [5, 5.41) is 0. The molecule has 0 spiro atoms. The molecule has 0 saturated carbocycles. The number of hydrogen-bond donors (Lipinski definition) is 1. The molecule has 1 aromatic rings. The maximum Gasteiger partial charge on any atom is 0.129 e. The van der Waals surface area contributed by atoms with E-state index in [-0.39, 0.29) is 10.8 Å². The van der Waals surface area contributed by atoms with Gasteiger partial charge in [0, 0.05) is 0 Å². The predicted octanol–water partition coefficient (Wildman–Crippen LogP) is 3.67. The van der Waals surface area contributed by atoms with Crippen LogP contribution in [0.1, 0.15) is 32.4 Å². The van der Waals surface area contributed by atoms with E-state index in [1.807, 2.05) is 45.0 Å². The molecule has 122 valence electrons. The molecule has 0 fully saturated rings. The first kappa shape index (κ1) is 19.0. The lowest BCUT2D eigenvalue weighted by Gasteiger charge is -2.22. The van der Waals surface area contributed by atoms with Gasteiger partial charge in [-0.2, -0.15) is 0 Å². The van der Waals surface area contributed by atoms with Crippen LogP contribution in [0.3, 0.4) is 0 Å². The van der Waals surface area contributed by atoms with Gasteiger partial charge in [-0.3, -0.25) is 0 Å². The summed E-state index contributed by atoms with van der Waals surface area (Å²) in [5.74, 6) is 4.09. The third-order valence-electron chi connectivity index (χ3n) is 2.82. The van der Waals surface area contributed by atoms with Crippen molar-refractivity contribution in [3.8, 4) is 17.2 Å². The summed E-state index contributed by atoms with van der Waals surface area (Å²) in [4.78, 5) is 0. The topological polar surface area (TPSA) is 38.3 Å². The van der Waals surface area contributed by atoms with Gasteiger partial charge in [0.1, 0.15) is 19.9 Å². The standard InChI is InChI=1S/C17H27NO2SSi/c1-17(2,3)21(19)18-16(12-13-22(5,6)7)14-8-10-15(20-4)11-9-14/h8-11,16,18H,1-7H3. The molecule has 0 bridgehead atoms. The zero-order chi connectivity index (χ0) is 17.0. The van der Waals surface area contributed by atoms with Gasteiger partial charge in [-0.1, -0.05) is 37.7 Å². The van der Waals surface area contributed by atoms with Gasteiger partial charge in [-0.25, -0.2) is 8.93 Å². The van der Waals surface area contributed by atoms with Gasteiger partial charge in [0.25, 0.3) is 0 Å². The fraction of sp³-hybridized carbons (Fsp3) is 0.529. The minimum Gasteiger partial charge on any atom is -0.497 e. The predicted molar refractivity (Wildman–Crippen MR) is 97.9 cm³/mol. The zero-order valence-corrected chi connectivity index (χ0v) is 16.4. The van der Waals surface area contributed by atoms with Gasteiger partial charge in [0.2, 0.25) is 0 Å². The number of ether oxygens (including phenoxy) is 1. The highest BCUT2D eigenvalue weighted by Crippen LogP contribution is 2.20. The lowest BCUT2D eigenvalue weighted by Crippen LogP contribution is -2.35. The first-order chi connectivity index (χ1) is 10.0. The molecule has 1 N–H and O–H groups in total. The third-order valence-corrected chi connectivity index (χ3v) is 5.28. The molecule has 0 saturated heterocycles. The van der Waals surface area contributed by atoms with E-state index in [1.54, 1.807) is 7.11 Å².